The second-order valence-corrected chi connectivity index (χ2v) is 9.67. The zero-order chi connectivity index (χ0) is 23.1. The first-order valence-corrected chi connectivity index (χ1v) is 11.9. The van der Waals surface area contributed by atoms with Gasteiger partial charge in [-0.2, -0.15) is 4.31 Å². The molecule has 1 heterocycles. The van der Waals surface area contributed by atoms with Gasteiger partial charge in [0.25, 0.3) is 5.91 Å². The monoisotopic (exact) mass is 499 g/mol. The minimum absolute atomic E-state index is 0. The Morgan fingerprint density at radius 2 is 1.73 bits per heavy atom. The number of hydroxylamine groups is 1. The van der Waals surface area contributed by atoms with Gasteiger partial charge in [0.05, 0.1) is 18.1 Å². The molecule has 0 spiro atoms. The van der Waals surface area contributed by atoms with E-state index in [9.17, 15) is 18.4 Å². The van der Waals surface area contributed by atoms with E-state index in [1.165, 1.54) is 23.5 Å². The van der Waals surface area contributed by atoms with Crippen LogP contribution in [0.15, 0.2) is 53.7 Å². The highest BCUT2D eigenvalue weighted by Gasteiger charge is 2.42. The topological polar surface area (TPSA) is 118 Å². The molecule has 0 aliphatic heterocycles. The first kappa shape index (κ1) is 27.0. The fourth-order valence-electron chi connectivity index (χ4n) is 4.17. The van der Waals surface area contributed by atoms with Gasteiger partial charge in [0.2, 0.25) is 10.0 Å². The molecule has 1 aliphatic rings. The number of ether oxygens (including phenoxy) is 2. The van der Waals surface area contributed by atoms with Gasteiger partial charge in [0.15, 0.2) is 0 Å². The average molecular weight is 500 g/mol. The number of rotatable bonds is 9. The largest absolute Gasteiger partial charge is 0.497 e. The highest BCUT2D eigenvalue weighted by atomic mass is 35.5. The molecule has 1 aliphatic carbocycles. The van der Waals surface area contributed by atoms with Gasteiger partial charge in [0.1, 0.15) is 11.8 Å². The molecule has 0 unspecified atom stereocenters. The van der Waals surface area contributed by atoms with E-state index < -0.39 is 22.0 Å². The summed E-state index contributed by atoms with van der Waals surface area (Å²) in [6, 6.07) is 8.33. The summed E-state index contributed by atoms with van der Waals surface area (Å²) in [6.45, 7) is -0.0425. The van der Waals surface area contributed by atoms with Crippen LogP contribution < -0.4 is 10.2 Å². The molecule has 1 fully saturated rings. The molecular formula is C22H30ClN3O6S. The van der Waals surface area contributed by atoms with Crippen LogP contribution in [0.3, 0.4) is 0 Å². The smallest absolute Gasteiger partial charge is 0.262 e. The SMILES string of the molecule is COc1ccc(S(=O)(=O)N(Cc2ccncc2)[C@@H](C(=O)NO)[C@H]2CC[C@@H](OC)CC2)cc1.Cl. The van der Waals surface area contributed by atoms with Crippen molar-refractivity contribution in [1.29, 1.82) is 0 Å². The molecule has 1 aromatic heterocycles. The van der Waals surface area contributed by atoms with Crippen molar-refractivity contribution >= 4 is 28.3 Å². The Balaban J connectivity index is 0.00000385. The summed E-state index contributed by atoms with van der Waals surface area (Å²) >= 11 is 0. The van der Waals surface area contributed by atoms with Gasteiger partial charge < -0.3 is 9.47 Å². The van der Waals surface area contributed by atoms with Gasteiger partial charge in [-0.05, 0) is 73.6 Å². The van der Waals surface area contributed by atoms with E-state index >= 15 is 0 Å². The molecule has 0 bridgehead atoms. The van der Waals surface area contributed by atoms with Gasteiger partial charge in [-0.1, -0.05) is 0 Å². The molecular weight excluding hydrogens is 470 g/mol. The molecule has 1 aromatic carbocycles. The minimum atomic E-state index is -4.09. The Morgan fingerprint density at radius 1 is 1.12 bits per heavy atom. The lowest BCUT2D eigenvalue weighted by Gasteiger charge is -2.38. The molecule has 1 amide bonds. The number of hydrogen-bond donors (Lipinski definition) is 2. The second kappa shape index (κ2) is 12.3. The molecule has 3 rings (SSSR count). The summed E-state index contributed by atoms with van der Waals surface area (Å²) in [7, 11) is -0.950. The predicted molar refractivity (Wildman–Crippen MR) is 124 cm³/mol. The van der Waals surface area contributed by atoms with Crippen LogP contribution in [0, 0.1) is 5.92 Å². The van der Waals surface area contributed by atoms with Gasteiger partial charge in [0, 0.05) is 26.0 Å². The van der Waals surface area contributed by atoms with Crippen molar-refractivity contribution in [3.8, 4) is 5.75 Å². The van der Waals surface area contributed by atoms with Gasteiger partial charge in [-0.3, -0.25) is 15.0 Å². The van der Waals surface area contributed by atoms with Crippen molar-refractivity contribution in [2.24, 2.45) is 5.92 Å². The fourth-order valence-corrected chi connectivity index (χ4v) is 5.81. The first-order valence-electron chi connectivity index (χ1n) is 10.4. The molecule has 182 valence electrons. The summed E-state index contributed by atoms with van der Waals surface area (Å²) in [5.41, 5.74) is 2.37. The van der Waals surface area contributed by atoms with E-state index in [-0.39, 0.29) is 35.9 Å². The lowest BCUT2D eigenvalue weighted by Crippen LogP contribution is -2.53. The van der Waals surface area contributed by atoms with E-state index in [2.05, 4.69) is 4.98 Å². The molecule has 9 nitrogen and oxygen atoms in total. The molecule has 2 N–H and O–H groups in total. The number of halogens is 1. The highest BCUT2D eigenvalue weighted by molar-refractivity contribution is 7.89. The van der Waals surface area contributed by atoms with E-state index in [4.69, 9.17) is 9.47 Å². The Labute approximate surface area is 200 Å². The number of carbonyl (C=O) groups excluding carboxylic acids is 1. The zero-order valence-electron chi connectivity index (χ0n) is 18.6. The standard InChI is InChI=1S/C22H29N3O6S.ClH/c1-30-18-5-3-17(4-6-18)21(22(26)24-27)25(15-16-11-13-23-14-12-16)32(28,29)20-9-7-19(31-2)8-10-20;/h7-14,17-18,21,27H,3-6,15H2,1-2H3,(H,24,26);1H/t17-,18+,21-;/m1./s1. The van der Waals surface area contributed by atoms with Gasteiger partial charge >= 0.3 is 0 Å². The summed E-state index contributed by atoms with van der Waals surface area (Å²) in [4.78, 5) is 16.9. The third-order valence-corrected chi connectivity index (χ3v) is 7.78. The number of pyridine rings is 1. The maximum absolute atomic E-state index is 13.7. The molecule has 0 radical (unpaired) electrons. The van der Waals surface area contributed by atoms with Crippen LogP contribution in [0.5, 0.6) is 5.75 Å². The lowest BCUT2D eigenvalue weighted by atomic mass is 9.82. The normalized spacial score (nSPS) is 19.4. The predicted octanol–water partition coefficient (Wildman–Crippen LogP) is 2.78. The number of nitrogens with one attached hydrogen (secondary N) is 1. The summed E-state index contributed by atoms with van der Waals surface area (Å²) < 4.78 is 39.2. The van der Waals surface area contributed by atoms with E-state index in [1.807, 2.05) is 0 Å². The van der Waals surface area contributed by atoms with E-state index in [1.54, 1.807) is 49.2 Å². The zero-order valence-corrected chi connectivity index (χ0v) is 20.2. The van der Waals surface area contributed by atoms with E-state index in [0.29, 0.717) is 37.0 Å². The Morgan fingerprint density at radius 3 is 2.24 bits per heavy atom. The van der Waals surface area contributed by atoms with Crippen molar-refractivity contribution in [3.63, 3.8) is 0 Å². The number of hydrogen-bond acceptors (Lipinski definition) is 7. The highest BCUT2D eigenvalue weighted by Crippen LogP contribution is 2.34. The molecule has 1 atom stereocenters. The van der Waals surface area contributed by atoms with Crippen LogP contribution in [0.25, 0.3) is 0 Å². The first-order chi connectivity index (χ1) is 15.4. The Bertz CT molecular complexity index is 983. The number of carbonyl (C=O) groups is 1. The van der Waals surface area contributed by atoms with Gasteiger partial charge in [-0.25, -0.2) is 13.9 Å². The third-order valence-electron chi connectivity index (χ3n) is 5.94. The molecule has 0 saturated heterocycles. The number of methoxy groups -OCH3 is 2. The number of nitrogens with zero attached hydrogens (tertiary/aromatic N) is 2. The minimum Gasteiger partial charge on any atom is -0.497 e. The average Bonchev–Trinajstić information content (AvgIpc) is 2.84. The van der Waals surface area contributed by atoms with Crippen molar-refractivity contribution in [2.45, 2.75) is 49.3 Å². The van der Waals surface area contributed by atoms with E-state index in [0.717, 1.165) is 0 Å². The number of sulfonamides is 1. The Hall–Kier alpha value is -2.24. The number of benzene rings is 1. The molecule has 2 aromatic rings. The number of amides is 1. The lowest BCUT2D eigenvalue weighted by molar-refractivity contribution is -0.136. The Kier molecular flexibility index (Phi) is 10.1. The van der Waals surface area contributed by atoms with Crippen molar-refractivity contribution in [3.05, 3.63) is 54.4 Å². The molecule has 1 saturated carbocycles. The van der Waals surface area contributed by atoms with Crippen molar-refractivity contribution < 1.29 is 27.9 Å². The maximum atomic E-state index is 13.7. The quantitative estimate of drug-likeness (QED) is 0.402. The fraction of sp³-hybridized carbons (Fsp3) is 0.455. The van der Waals surface area contributed by atoms with Gasteiger partial charge in [-0.15, -0.1) is 12.4 Å². The van der Waals surface area contributed by atoms with Crippen LogP contribution in [0.4, 0.5) is 0 Å². The van der Waals surface area contributed by atoms with Crippen LogP contribution in [-0.4, -0.2) is 55.2 Å². The van der Waals surface area contributed by atoms with Crippen molar-refractivity contribution in [1.82, 2.24) is 14.8 Å². The molecule has 33 heavy (non-hydrogen) atoms. The molecule has 11 heteroatoms. The van der Waals surface area contributed by atoms with Crippen LogP contribution in [0.1, 0.15) is 31.2 Å². The third kappa shape index (κ3) is 6.42. The van der Waals surface area contributed by atoms with Crippen LogP contribution >= 0.6 is 12.4 Å². The summed E-state index contributed by atoms with van der Waals surface area (Å²) in [6.07, 6.45) is 5.83. The second-order valence-electron chi connectivity index (χ2n) is 7.77. The van der Waals surface area contributed by atoms with Crippen molar-refractivity contribution in [2.75, 3.05) is 14.2 Å². The maximum Gasteiger partial charge on any atom is 0.262 e. The summed E-state index contributed by atoms with van der Waals surface area (Å²) in [5, 5.41) is 9.48. The van der Waals surface area contributed by atoms with Crippen LogP contribution in [0.2, 0.25) is 0 Å². The summed E-state index contributed by atoms with van der Waals surface area (Å²) in [5.74, 6) is -0.507. The number of aromatic nitrogens is 1. The van der Waals surface area contributed by atoms with Crippen LogP contribution in [-0.2, 0) is 26.1 Å².